The molecule has 2 saturated carbocycles. The van der Waals surface area contributed by atoms with Crippen molar-refractivity contribution in [3.8, 4) is 0 Å². The van der Waals surface area contributed by atoms with E-state index in [0.717, 1.165) is 0 Å². The predicted molar refractivity (Wildman–Crippen MR) is 69.2 cm³/mol. The largest absolute Gasteiger partial charge is 0.387 e. The van der Waals surface area contributed by atoms with E-state index in [4.69, 9.17) is 5.11 Å². The van der Waals surface area contributed by atoms with Gasteiger partial charge in [0.25, 0.3) is 0 Å². The lowest BCUT2D eigenvalue weighted by Crippen LogP contribution is -2.51. The number of carbonyl (C=O) groups is 2. The van der Waals surface area contributed by atoms with E-state index in [-0.39, 0.29) is 11.8 Å². The van der Waals surface area contributed by atoms with Gasteiger partial charge in [-0.15, -0.1) is 0 Å². The Kier molecular flexibility index (Phi) is 3.48. The smallest absolute Gasteiger partial charge is 0.248 e. The molecule has 5 nitrogen and oxygen atoms in total. The Morgan fingerprint density at radius 3 is 2.00 bits per heavy atom. The summed E-state index contributed by atoms with van der Waals surface area (Å²) in [4.78, 5) is 27.4. The van der Waals surface area contributed by atoms with Gasteiger partial charge in [-0.3, -0.25) is 9.59 Å². The molecule has 0 spiro atoms. The summed E-state index contributed by atoms with van der Waals surface area (Å²) in [7, 11) is 0. The Morgan fingerprint density at radius 1 is 0.947 bits per heavy atom. The molecular weight excluding hydrogens is 244 g/mol. The van der Waals surface area contributed by atoms with Crippen LogP contribution in [0.5, 0.6) is 0 Å². The molecular formula is C14H22N2O3. The Balaban J connectivity index is 1.52. The predicted octanol–water partition coefficient (Wildman–Crippen LogP) is 0.0857. The molecule has 2 aliphatic carbocycles. The summed E-state index contributed by atoms with van der Waals surface area (Å²) in [6, 6.07) is 0. The fourth-order valence-corrected chi connectivity index (χ4v) is 3.85. The molecule has 2 atom stereocenters. The van der Waals surface area contributed by atoms with Gasteiger partial charge in [-0.05, 0) is 24.7 Å². The van der Waals surface area contributed by atoms with Gasteiger partial charge >= 0.3 is 0 Å². The van der Waals surface area contributed by atoms with Crippen molar-refractivity contribution in [3.63, 3.8) is 0 Å². The zero-order valence-electron chi connectivity index (χ0n) is 11.3. The van der Waals surface area contributed by atoms with Gasteiger partial charge in [0.2, 0.25) is 11.8 Å². The van der Waals surface area contributed by atoms with Gasteiger partial charge in [-0.1, -0.05) is 12.8 Å². The fraction of sp³-hybridized carbons (Fsp3) is 0.857. The van der Waals surface area contributed by atoms with E-state index < -0.39 is 6.61 Å². The molecule has 0 aromatic rings. The molecule has 1 saturated heterocycles. The highest BCUT2D eigenvalue weighted by Crippen LogP contribution is 2.56. The number of amides is 2. The van der Waals surface area contributed by atoms with Crippen molar-refractivity contribution in [2.45, 2.75) is 25.7 Å². The van der Waals surface area contributed by atoms with Crippen LogP contribution in [-0.2, 0) is 9.59 Å². The highest BCUT2D eigenvalue weighted by Gasteiger charge is 2.55. The van der Waals surface area contributed by atoms with E-state index >= 15 is 0 Å². The molecule has 3 aliphatic rings. The zero-order chi connectivity index (χ0) is 13.4. The average molecular weight is 266 g/mol. The standard InChI is InChI=1S/C14H22N2O3/c17-9-12(18)15-5-7-16(8-6-15)14(19)13-10-3-1-2-4-11(10)13/h10-11,13,17H,1-9H2. The van der Waals surface area contributed by atoms with Gasteiger partial charge in [0.05, 0.1) is 0 Å². The monoisotopic (exact) mass is 266 g/mol. The molecule has 1 N–H and O–H groups in total. The van der Waals surface area contributed by atoms with Crippen LogP contribution in [0.1, 0.15) is 25.7 Å². The van der Waals surface area contributed by atoms with Gasteiger partial charge in [0, 0.05) is 32.1 Å². The Bertz CT molecular complexity index is 365. The molecule has 1 heterocycles. The van der Waals surface area contributed by atoms with Gasteiger partial charge in [-0.2, -0.15) is 0 Å². The average Bonchev–Trinajstić information content (AvgIpc) is 3.20. The third kappa shape index (κ3) is 2.36. The molecule has 5 heteroatoms. The molecule has 0 radical (unpaired) electrons. The van der Waals surface area contributed by atoms with Gasteiger partial charge in [0.1, 0.15) is 6.61 Å². The Labute approximate surface area is 113 Å². The van der Waals surface area contributed by atoms with Crippen LogP contribution >= 0.6 is 0 Å². The number of aliphatic hydroxyl groups is 1. The molecule has 0 bridgehead atoms. The molecule has 106 valence electrons. The normalized spacial score (nSPS) is 33.8. The Morgan fingerprint density at radius 2 is 1.47 bits per heavy atom. The van der Waals surface area contributed by atoms with E-state index in [9.17, 15) is 9.59 Å². The lowest BCUT2D eigenvalue weighted by Gasteiger charge is -2.34. The summed E-state index contributed by atoms with van der Waals surface area (Å²) in [5.41, 5.74) is 0. The first-order valence-corrected chi connectivity index (χ1v) is 7.40. The first kappa shape index (κ1) is 12.9. The minimum atomic E-state index is -0.430. The van der Waals surface area contributed by atoms with Crippen LogP contribution < -0.4 is 0 Å². The van der Waals surface area contributed by atoms with Crippen molar-refractivity contribution < 1.29 is 14.7 Å². The van der Waals surface area contributed by atoms with Gasteiger partial charge in [-0.25, -0.2) is 0 Å². The number of piperazine rings is 1. The third-order valence-electron chi connectivity index (χ3n) is 5.02. The van der Waals surface area contributed by atoms with Crippen LogP contribution in [0.15, 0.2) is 0 Å². The molecule has 1 aliphatic heterocycles. The maximum Gasteiger partial charge on any atom is 0.248 e. The maximum absolute atomic E-state index is 12.4. The van der Waals surface area contributed by atoms with Crippen LogP contribution in [0.3, 0.4) is 0 Å². The van der Waals surface area contributed by atoms with Crippen LogP contribution in [0.25, 0.3) is 0 Å². The lowest BCUT2D eigenvalue weighted by atomic mass is 10.0. The van der Waals surface area contributed by atoms with Crippen LogP contribution in [0.4, 0.5) is 0 Å². The van der Waals surface area contributed by atoms with Gasteiger partial charge < -0.3 is 14.9 Å². The SMILES string of the molecule is O=C(CO)N1CCN(C(=O)C2C3CCCCC32)CC1. The van der Waals surface area contributed by atoms with E-state index in [1.54, 1.807) is 4.90 Å². The summed E-state index contributed by atoms with van der Waals surface area (Å²) in [6.45, 7) is 1.95. The molecule has 0 aromatic heterocycles. The number of fused-ring (bicyclic) bond motifs is 1. The highest BCUT2D eigenvalue weighted by atomic mass is 16.3. The number of carbonyl (C=O) groups excluding carboxylic acids is 2. The molecule has 3 rings (SSSR count). The molecule has 3 fully saturated rings. The van der Waals surface area contributed by atoms with Crippen LogP contribution in [0, 0.1) is 17.8 Å². The first-order valence-electron chi connectivity index (χ1n) is 7.40. The third-order valence-corrected chi connectivity index (χ3v) is 5.02. The number of hydrogen-bond donors (Lipinski definition) is 1. The lowest BCUT2D eigenvalue weighted by molar-refractivity contribution is -0.142. The number of rotatable bonds is 2. The topological polar surface area (TPSA) is 60.9 Å². The van der Waals surface area contributed by atoms with Crippen molar-refractivity contribution in [3.05, 3.63) is 0 Å². The minimum absolute atomic E-state index is 0.229. The molecule has 19 heavy (non-hydrogen) atoms. The summed E-state index contributed by atoms with van der Waals surface area (Å²) < 4.78 is 0. The summed E-state index contributed by atoms with van der Waals surface area (Å²) in [6.07, 6.45) is 5.02. The van der Waals surface area contributed by atoms with Crippen molar-refractivity contribution >= 4 is 11.8 Å². The highest BCUT2D eigenvalue weighted by molar-refractivity contribution is 5.83. The van der Waals surface area contributed by atoms with Crippen LogP contribution in [0.2, 0.25) is 0 Å². The second-order valence-electron chi connectivity index (χ2n) is 6.00. The van der Waals surface area contributed by atoms with Crippen molar-refractivity contribution in [2.24, 2.45) is 17.8 Å². The maximum atomic E-state index is 12.4. The van der Waals surface area contributed by atoms with Crippen molar-refractivity contribution in [1.29, 1.82) is 0 Å². The van der Waals surface area contributed by atoms with E-state index in [2.05, 4.69) is 0 Å². The fourth-order valence-electron chi connectivity index (χ4n) is 3.85. The molecule has 2 unspecified atom stereocenters. The van der Waals surface area contributed by atoms with E-state index in [1.807, 2.05) is 4.90 Å². The van der Waals surface area contributed by atoms with Crippen molar-refractivity contribution in [1.82, 2.24) is 9.80 Å². The second kappa shape index (κ2) is 5.12. The molecule has 0 aromatic carbocycles. The Hall–Kier alpha value is -1.10. The summed E-state index contributed by atoms with van der Waals surface area (Å²) in [5, 5.41) is 8.83. The van der Waals surface area contributed by atoms with E-state index in [1.165, 1.54) is 25.7 Å². The summed E-state index contributed by atoms with van der Waals surface area (Å²) >= 11 is 0. The molecule has 2 amide bonds. The zero-order valence-corrected chi connectivity index (χ0v) is 11.3. The second-order valence-corrected chi connectivity index (χ2v) is 6.00. The van der Waals surface area contributed by atoms with Crippen molar-refractivity contribution in [2.75, 3.05) is 32.8 Å². The number of hydrogen-bond acceptors (Lipinski definition) is 3. The quantitative estimate of drug-likeness (QED) is 0.770. The number of nitrogens with zero attached hydrogens (tertiary/aromatic N) is 2. The van der Waals surface area contributed by atoms with Crippen LogP contribution in [-0.4, -0.2) is 59.5 Å². The van der Waals surface area contributed by atoms with Gasteiger partial charge in [0.15, 0.2) is 0 Å². The number of aliphatic hydroxyl groups excluding tert-OH is 1. The summed E-state index contributed by atoms with van der Waals surface area (Å²) in [5.74, 6) is 1.67. The first-order chi connectivity index (χ1) is 9.22. The van der Waals surface area contributed by atoms with E-state index in [0.29, 0.717) is 43.9 Å². The minimum Gasteiger partial charge on any atom is -0.387 e.